The van der Waals surface area contributed by atoms with Gasteiger partial charge in [0, 0.05) is 12.6 Å². The summed E-state index contributed by atoms with van der Waals surface area (Å²) in [6.45, 7) is 9.52. The van der Waals surface area contributed by atoms with Gasteiger partial charge in [-0.05, 0) is 36.5 Å². The van der Waals surface area contributed by atoms with Crippen LogP contribution in [0.1, 0.15) is 50.0 Å². The molecule has 1 aromatic carbocycles. The first-order chi connectivity index (χ1) is 8.28. The van der Waals surface area contributed by atoms with Crippen LogP contribution in [0.5, 0.6) is 0 Å². The van der Waals surface area contributed by atoms with Gasteiger partial charge < -0.3 is 10.4 Å². The molecular formula is C15H23NO2. The Morgan fingerprint density at radius 2 is 2.06 bits per heavy atom. The molecule has 0 spiro atoms. The Morgan fingerprint density at radius 3 is 2.61 bits per heavy atom. The van der Waals surface area contributed by atoms with E-state index in [1.807, 2.05) is 6.07 Å². The van der Waals surface area contributed by atoms with Gasteiger partial charge in [-0.2, -0.15) is 0 Å². The Bertz CT molecular complexity index is 407. The lowest BCUT2D eigenvalue weighted by molar-refractivity contribution is 0.0696. The molecule has 0 aliphatic rings. The normalized spacial score (nSPS) is 13.3. The Hall–Kier alpha value is -1.35. The molecule has 0 amide bonds. The number of rotatable bonds is 5. The van der Waals surface area contributed by atoms with Crippen LogP contribution in [0.3, 0.4) is 0 Å². The lowest BCUT2D eigenvalue weighted by Gasteiger charge is -2.24. The summed E-state index contributed by atoms with van der Waals surface area (Å²) < 4.78 is 0. The average Bonchev–Trinajstić information content (AvgIpc) is 2.24. The van der Waals surface area contributed by atoms with E-state index < -0.39 is 5.97 Å². The standard InChI is InChI=1S/C15H23NO2/c1-11(9-15(2,3)4)16-10-12-6-5-7-13(8-12)14(17)18/h5-8,11,16H,9-10H2,1-4H3,(H,17,18). The number of carbonyl (C=O) groups is 1. The van der Waals surface area contributed by atoms with Crippen molar-refractivity contribution in [1.29, 1.82) is 0 Å². The van der Waals surface area contributed by atoms with Gasteiger partial charge in [0.15, 0.2) is 0 Å². The Balaban J connectivity index is 2.53. The van der Waals surface area contributed by atoms with Gasteiger partial charge >= 0.3 is 5.97 Å². The second kappa shape index (κ2) is 6.01. The second-order valence-corrected chi connectivity index (χ2v) is 6.05. The molecule has 0 aromatic heterocycles. The van der Waals surface area contributed by atoms with E-state index >= 15 is 0 Å². The van der Waals surface area contributed by atoms with Crippen LogP contribution in [0.4, 0.5) is 0 Å². The van der Waals surface area contributed by atoms with Crippen LogP contribution in [0.25, 0.3) is 0 Å². The Kier molecular flexibility index (Phi) is 4.91. The van der Waals surface area contributed by atoms with E-state index in [1.54, 1.807) is 18.2 Å². The monoisotopic (exact) mass is 249 g/mol. The number of carboxylic acids is 1. The molecule has 0 saturated carbocycles. The number of carboxylic acid groups (broad SMARTS) is 1. The van der Waals surface area contributed by atoms with E-state index in [0.717, 1.165) is 12.0 Å². The Morgan fingerprint density at radius 1 is 1.39 bits per heavy atom. The van der Waals surface area contributed by atoms with Gasteiger partial charge in [0.05, 0.1) is 5.56 Å². The highest BCUT2D eigenvalue weighted by Gasteiger charge is 2.14. The molecule has 2 N–H and O–H groups in total. The number of hydrogen-bond acceptors (Lipinski definition) is 2. The molecule has 1 rings (SSSR count). The van der Waals surface area contributed by atoms with E-state index in [4.69, 9.17) is 5.11 Å². The highest BCUT2D eigenvalue weighted by molar-refractivity contribution is 5.87. The van der Waals surface area contributed by atoms with Crippen molar-refractivity contribution in [2.45, 2.75) is 46.7 Å². The topological polar surface area (TPSA) is 49.3 Å². The van der Waals surface area contributed by atoms with Crippen LogP contribution < -0.4 is 5.32 Å². The Labute approximate surface area is 109 Å². The zero-order valence-corrected chi connectivity index (χ0v) is 11.7. The van der Waals surface area contributed by atoms with Crippen LogP contribution in [-0.4, -0.2) is 17.1 Å². The van der Waals surface area contributed by atoms with Gasteiger partial charge in [-0.15, -0.1) is 0 Å². The maximum absolute atomic E-state index is 10.9. The van der Waals surface area contributed by atoms with Crippen LogP contribution in [-0.2, 0) is 6.54 Å². The van der Waals surface area contributed by atoms with Crippen LogP contribution in [0.15, 0.2) is 24.3 Å². The van der Waals surface area contributed by atoms with Crippen LogP contribution >= 0.6 is 0 Å². The maximum atomic E-state index is 10.9. The molecule has 0 radical (unpaired) electrons. The summed E-state index contributed by atoms with van der Waals surface area (Å²) >= 11 is 0. The quantitative estimate of drug-likeness (QED) is 0.841. The van der Waals surface area contributed by atoms with Crippen LogP contribution in [0, 0.1) is 5.41 Å². The smallest absolute Gasteiger partial charge is 0.335 e. The minimum Gasteiger partial charge on any atom is -0.478 e. The molecule has 1 aromatic rings. The molecule has 1 unspecified atom stereocenters. The average molecular weight is 249 g/mol. The molecule has 0 aliphatic carbocycles. The van der Waals surface area contributed by atoms with Crippen molar-refractivity contribution < 1.29 is 9.90 Å². The SMILES string of the molecule is CC(CC(C)(C)C)NCc1cccc(C(=O)O)c1. The number of nitrogens with one attached hydrogen (secondary N) is 1. The molecule has 3 heteroatoms. The van der Waals surface area contributed by atoms with Crippen molar-refractivity contribution in [3.8, 4) is 0 Å². The van der Waals surface area contributed by atoms with E-state index in [2.05, 4.69) is 33.0 Å². The molecule has 3 nitrogen and oxygen atoms in total. The van der Waals surface area contributed by atoms with Gasteiger partial charge in [-0.3, -0.25) is 0 Å². The number of hydrogen-bond donors (Lipinski definition) is 2. The lowest BCUT2D eigenvalue weighted by atomic mass is 9.88. The summed E-state index contributed by atoms with van der Waals surface area (Å²) in [5, 5.41) is 12.3. The largest absolute Gasteiger partial charge is 0.478 e. The molecule has 18 heavy (non-hydrogen) atoms. The third-order valence-corrected chi connectivity index (χ3v) is 2.75. The number of aromatic carboxylic acids is 1. The molecular weight excluding hydrogens is 226 g/mol. The predicted octanol–water partition coefficient (Wildman–Crippen LogP) is 3.30. The maximum Gasteiger partial charge on any atom is 0.335 e. The lowest BCUT2D eigenvalue weighted by Crippen LogP contribution is -2.29. The van der Waals surface area contributed by atoms with Crippen molar-refractivity contribution in [3.63, 3.8) is 0 Å². The van der Waals surface area contributed by atoms with Crippen LogP contribution in [0.2, 0.25) is 0 Å². The molecule has 0 bridgehead atoms. The zero-order valence-electron chi connectivity index (χ0n) is 11.7. The van der Waals surface area contributed by atoms with E-state index in [1.165, 1.54) is 0 Å². The van der Waals surface area contributed by atoms with Crippen molar-refractivity contribution in [2.24, 2.45) is 5.41 Å². The van der Waals surface area contributed by atoms with Crippen molar-refractivity contribution in [3.05, 3.63) is 35.4 Å². The van der Waals surface area contributed by atoms with Gasteiger partial charge in [0.2, 0.25) is 0 Å². The summed E-state index contributed by atoms with van der Waals surface area (Å²) in [6.07, 6.45) is 1.09. The summed E-state index contributed by atoms with van der Waals surface area (Å²) in [4.78, 5) is 10.9. The van der Waals surface area contributed by atoms with E-state index in [0.29, 0.717) is 23.6 Å². The summed E-state index contributed by atoms with van der Waals surface area (Å²) in [5.74, 6) is -0.875. The highest BCUT2D eigenvalue weighted by atomic mass is 16.4. The first-order valence-corrected chi connectivity index (χ1v) is 6.33. The fourth-order valence-electron chi connectivity index (χ4n) is 2.10. The van der Waals surface area contributed by atoms with Gasteiger partial charge in [-0.25, -0.2) is 4.79 Å². The summed E-state index contributed by atoms with van der Waals surface area (Å²) in [7, 11) is 0. The summed E-state index contributed by atoms with van der Waals surface area (Å²) in [5.41, 5.74) is 1.66. The van der Waals surface area contributed by atoms with Crippen molar-refractivity contribution >= 4 is 5.97 Å². The van der Waals surface area contributed by atoms with Gasteiger partial charge in [-0.1, -0.05) is 32.9 Å². The second-order valence-electron chi connectivity index (χ2n) is 6.05. The third kappa shape index (κ3) is 5.32. The zero-order chi connectivity index (χ0) is 13.8. The third-order valence-electron chi connectivity index (χ3n) is 2.75. The predicted molar refractivity (Wildman–Crippen MR) is 73.8 cm³/mol. The molecule has 0 fully saturated rings. The van der Waals surface area contributed by atoms with Crippen molar-refractivity contribution in [2.75, 3.05) is 0 Å². The van der Waals surface area contributed by atoms with E-state index in [9.17, 15) is 4.79 Å². The molecule has 100 valence electrons. The molecule has 0 saturated heterocycles. The van der Waals surface area contributed by atoms with Gasteiger partial charge in [0.25, 0.3) is 0 Å². The minimum atomic E-state index is -0.875. The summed E-state index contributed by atoms with van der Waals surface area (Å²) in [6, 6.07) is 7.49. The molecule has 0 aliphatic heterocycles. The fraction of sp³-hybridized carbons (Fsp3) is 0.533. The number of benzene rings is 1. The first kappa shape index (κ1) is 14.7. The molecule has 0 heterocycles. The van der Waals surface area contributed by atoms with Gasteiger partial charge in [0.1, 0.15) is 0 Å². The molecule has 1 atom stereocenters. The highest BCUT2D eigenvalue weighted by Crippen LogP contribution is 2.20. The fourth-order valence-corrected chi connectivity index (χ4v) is 2.10. The first-order valence-electron chi connectivity index (χ1n) is 6.33. The minimum absolute atomic E-state index is 0.301. The van der Waals surface area contributed by atoms with Crippen molar-refractivity contribution in [1.82, 2.24) is 5.32 Å². The van der Waals surface area contributed by atoms with E-state index in [-0.39, 0.29) is 0 Å².